The van der Waals surface area contributed by atoms with Gasteiger partial charge in [0, 0.05) is 23.5 Å². The molecule has 0 saturated carbocycles. The van der Waals surface area contributed by atoms with Crippen molar-refractivity contribution in [3.63, 3.8) is 0 Å². The summed E-state index contributed by atoms with van der Waals surface area (Å²) in [6.45, 7) is 12.1. The van der Waals surface area contributed by atoms with E-state index < -0.39 is 66.0 Å². The number of para-hydroxylation sites is 1. The highest BCUT2D eigenvalue weighted by Crippen LogP contribution is 2.18. The average Bonchev–Trinajstić information content (AvgIpc) is 3.90. The summed E-state index contributed by atoms with van der Waals surface area (Å²) in [6, 6.07) is 13.1. The minimum atomic E-state index is -0.972. The number of carboxylic acids is 6. The molecule has 1 fully saturated rings. The number of nitrogens with one attached hydrogen (secondary N) is 2. The maximum atomic E-state index is 10.6. The number of carboxylic acid groups (broad SMARTS) is 6. The Morgan fingerprint density at radius 2 is 1.15 bits per heavy atom. The summed E-state index contributed by atoms with van der Waals surface area (Å²) in [5.74, 6) is -4.96. The summed E-state index contributed by atoms with van der Waals surface area (Å²) in [4.78, 5) is 64.5. The van der Waals surface area contributed by atoms with Crippen molar-refractivity contribution in [2.75, 3.05) is 6.54 Å². The van der Waals surface area contributed by atoms with E-state index in [4.69, 9.17) is 59.3 Å². The van der Waals surface area contributed by atoms with Crippen LogP contribution in [0, 0.1) is 17.8 Å². The Bertz CT molecular complexity index is 1720. The molecule has 0 unspecified atom stereocenters. The third kappa shape index (κ3) is 26.4. The van der Waals surface area contributed by atoms with Gasteiger partial charge in [-0.2, -0.15) is 0 Å². The van der Waals surface area contributed by atoms with Crippen molar-refractivity contribution in [1.29, 1.82) is 0 Å². The minimum absolute atomic E-state index is 0.0208. The van der Waals surface area contributed by atoms with Crippen molar-refractivity contribution in [3.8, 4) is 0 Å². The van der Waals surface area contributed by atoms with Crippen molar-refractivity contribution in [3.05, 3.63) is 71.9 Å². The van der Waals surface area contributed by atoms with Gasteiger partial charge in [0.15, 0.2) is 0 Å². The van der Waals surface area contributed by atoms with Crippen molar-refractivity contribution in [1.82, 2.24) is 10.3 Å². The highest BCUT2D eigenvalue weighted by Gasteiger charge is 2.20. The lowest BCUT2D eigenvalue weighted by Gasteiger charge is -2.11. The topological polar surface area (TPSA) is 382 Å². The Morgan fingerprint density at radius 1 is 0.656 bits per heavy atom. The number of rotatable bonds is 15. The molecule has 4 rings (SSSR count). The van der Waals surface area contributed by atoms with E-state index in [-0.39, 0.29) is 17.9 Å². The molecular formula is C42H69N7O12. The zero-order valence-corrected chi connectivity index (χ0v) is 35.9. The van der Waals surface area contributed by atoms with Gasteiger partial charge in [-0.25, -0.2) is 0 Å². The fourth-order valence-electron chi connectivity index (χ4n) is 4.87. The number of H-pyrrole nitrogens is 1. The van der Waals surface area contributed by atoms with Crippen LogP contribution in [-0.2, 0) is 41.6 Å². The first-order chi connectivity index (χ1) is 28.4. The molecule has 0 bridgehead atoms. The van der Waals surface area contributed by atoms with Gasteiger partial charge in [0.05, 0.1) is 0 Å². The zero-order chi connectivity index (χ0) is 47.4. The van der Waals surface area contributed by atoms with Crippen molar-refractivity contribution < 1.29 is 59.4 Å². The molecule has 0 amide bonds. The SMILES string of the molecule is CC(C)C[C@H](N)C(=O)O.CC(C)[C@H](N)C(=O)O.CC[C@H](C)[C@H](N)C(=O)O.N[C@@H](Cc1c[nH]c2ccccc12)C(=O)O.N[C@@H](Cc1ccccc1)C(=O)O.O=C(O)[C@@H]1CCCN1. The van der Waals surface area contributed by atoms with Crippen LogP contribution in [0.2, 0.25) is 0 Å². The third-order valence-corrected chi connectivity index (χ3v) is 8.99. The summed E-state index contributed by atoms with van der Waals surface area (Å²) in [7, 11) is 0. The van der Waals surface area contributed by atoms with E-state index in [1.165, 1.54) is 0 Å². The molecule has 0 aliphatic carbocycles. The van der Waals surface area contributed by atoms with Gasteiger partial charge in [-0.1, -0.05) is 96.5 Å². The molecule has 0 spiro atoms. The number of fused-ring (bicyclic) bond motifs is 1. The number of nitrogens with two attached hydrogens (primary N) is 5. The molecular weight excluding hydrogens is 794 g/mol. The van der Waals surface area contributed by atoms with Crippen LogP contribution in [0.25, 0.3) is 10.9 Å². The first kappa shape index (κ1) is 57.7. The molecule has 3 aromatic rings. The number of aliphatic carboxylic acids is 6. The summed E-state index contributed by atoms with van der Waals surface area (Å²) < 4.78 is 0. The maximum Gasteiger partial charge on any atom is 0.320 e. The highest BCUT2D eigenvalue weighted by atomic mass is 16.4. The molecule has 0 radical (unpaired) electrons. The standard InChI is InChI=1S/C11H12N2O2.C9H11NO2.2C6H13NO2.C5H9NO2.C5H11NO2/c12-9(11(14)15)5-7-6-13-10-4-2-1-3-8(7)10;10-8(9(11)12)6-7-4-2-1-3-5-7;1-4(2)3-5(7)6(8)9;1-3-4(2)5(7)6(8)9;7-5(8)4-2-1-3-6-4;1-3(2)4(6)5(7)8/h1-4,6,9,13H,5,12H2,(H,14,15);1-5,8H,6,10H2,(H,11,12);2*4-5H,3,7H2,1-2H3,(H,8,9);4,6H,1-3H2,(H,7,8);3-4H,6H2,1-2H3,(H,7,8)/t9-;8-;5-;4-,5-;2*4-/m000000/s1. The molecule has 2 aromatic carbocycles. The van der Waals surface area contributed by atoms with Crippen LogP contribution >= 0.6 is 0 Å². The van der Waals surface area contributed by atoms with E-state index in [9.17, 15) is 28.8 Å². The van der Waals surface area contributed by atoms with Crippen molar-refractivity contribution >= 4 is 46.7 Å². The van der Waals surface area contributed by atoms with Gasteiger partial charge in [-0.15, -0.1) is 0 Å². The first-order valence-electron chi connectivity index (χ1n) is 19.8. The second-order valence-corrected chi connectivity index (χ2v) is 15.1. The Hall–Kier alpha value is -5.44. The first-order valence-corrected chi connectivity index (χ1v) is 19.8. The Kier molecular flexibility index (Phi) is 29.7. The van der Waals surface area contributed by atoms with Gasteiger partial charge < -0.3 is 69.6 Å². The number of aromatic nitrogens is 1. The summed E-state index contributed by atoms with van der Waals surface area (Å²) >= 11 is 0. The van der Waals surface area contributed by atoms with Gasteiger partial charge >= 0.3 is 35.8 Å². The summed E-state index contributed by atoms with van der Waals surface area (Å²) in [5.41, 5.74) is 29.4. The highest BCUT2D eigenvalue weighted by molar-refractivity contribution is 5.84. The number of benzene rings is 2. The van der Waals surface area contributed by atoms with Crippen LogP contribution in [0.3, 0.4) is 0 Å². The number of hydrogen-bond donors (Lipinski definition) is 13. The molecule has 1 aromatic heterocycles. The van der Waals surface area contributed by atoms with Crippen LogP contribution in [0.15, 0.2) is 60.8 Å². The number of hydrogen-bond acceptors (Lipinski definition) is 12. The van der Waals surface area contributed by atoms with Gasteiger partial charge in [0.2, 0.25) is 0 Å². The minimum Gasteiger partial charge on any atom is -0.480 e. The third-order valence-electron chi connectivity index (χ3n) is 8.99. The van der Waals surface area contributed by atoms with Gasteiger partial charge in [-0.3, -0.25) is 28.8 Å². The fraction of sp³-hybridized carbons (Fsp3) is 0.524. The van der Waals surface area contributed by atoms with Crippen LogP contribution in [0.5, 0.6) is 0 Å². The summed E-state index contributed by atoms with van der Waals surface area (Å²) in [5, 5.41) is 54.4. The van der Waals surface area contributed by atoms with E-state index in [2.05, 4.69) is 10.3 Å². The quantitative estimate of drug-likeness (QED) is 0.104. The molecule has 1 aliphatic rings. The molecule has 61 heavy (non-hydrogen) atoms. The maximum absolute atomic E-state index is 10.6. The summed E-state index contributed by atoms with van der Waals surface area (Å²) in [6.07, 6.45) is 5.69. The number of carbonyl (C=O) groups is 6. The van der Waals surface area contributed by atoms with E-state index in [1.54, 1.807) is 13.8 Å². The lowest BCUT2D eigenvalue weighted by molar-refractivity contribution is -0.140. The average molecular weight is 864 g/mol. The zero-order valence-electron chi connectivity index (χ0n) is 35.9. The molecule has 344 valence electrons. The molecule has 7 atom stereocenters. The molecule has 1 saturated heterocycles. The predicted molar refractivity (Wildman–Crippen MR) is 233 cm³/mol. The number of aromatic amines is 1. The molecule has 19 nitrogen and oxygen atoms in total. The predicted octanol–water partition coefficient (Wildman–Crippen LogP) is 2.53. The van der Waals surface area contributed by atoms with Crippen LogP contribution in [0.1, 0.15) is 78.4 Å². The van der Waals surface area contributed by atoms with Crippen molar-refractivity contribution in [2.45, 2.75) is 116 Å². The van der Waals surface area contributed by atoms with E-state index in [0.717, 1.165) is 47.8 Å². The van der Waals surface area contributed by atoms with Gasteiger partial charge in [0.25, 0.3) is 0 Å². The van der Waals surface area contributed by atoms with E-state index >= 15 is 0 Å². The van der Waals surface area contributed by atoms with Crippen molar-refractivity contribution in [2.24, 2.45) is 46.4 Å². The second kappa shape index (κ2) is 31.4. The smallest absolute Gasteiger partial charge is 0.320 e. The second-order valence-electron chi connectivity index (χ2n) is 15.1. The van der Waals surface area contributed by atoms with Gasteiger partial charge in [0.1, 0.15) is 36.3 Å². The lowest BCUT2D eigenvalue weighted by atomic mass is 10.0. The Labute approximate surface area is 357 Å². The van der Waals surface area contributed by atoms with E-state index in [1.807, 2.05) is 88.5 Å². The monoisotopic (exact) mass is 864 g/mol. The normalized spacial score (nSPS) is 15.7. The largest absolute Gasteiger partial charge is 0.480 e. The molecule has 19 heteroatoms. The molecule has 1 aliphatic heterocycles. The Balaban J connectivity index is 0. The van der Waals surface area contributed by atoms with Crippen LogP contribution in [0.4, 0.5) is 0 Å². The van der Waals surface area contributed by atoms with E-state index in [0.29, 0.717) is 25.2 Å². The lowest BCUT2D eigenvalue weighted by Crippen LogP contribution is -2.36. The molecule has 2 heterocycles. The molecule has 18 N–H and O–H groups in total. The Morgan fingerprint density at radius 3 is 1.49 bits per heavy atom. The fourth-order valence-corrected chi connectivity index (χ4v) is 4.87. The van der Waals surface area contributed by atoms with Gasteiger partial charge in [-0.05, 0) is 67.2 Å². The van der Waals surface area contributed by atoms with Crippen LogP contribution in [-0.4, -0.2) is 114 Å². The van der Waals surface area contributed by atoms with Crippen LogP contribution < -0.4 is 34.0 Å².